The predicted molar refractivity (Wildman–Crippen MR) is 91.2 cm³/mol. The van der Waals surface area contributed by atoms with Crippen molar-refractivity contribution in [2.24, 2.45) is 5.73 Å². The van der Waals surface area contributed by atoms with Crippen molar-refractivity contribution < 1.29 is 4.79 Å². The molecule has 2 aromatic carbocycles. The highest BCUT2D eigenvalue weighted by Crippen LogP contribution is 2.25. The van der Waals surface area contributed by atoms with E-state index in [1.807, 2.05) is 30.3 Å². The van der Waals surface area contributed by atoms with Crippen LogP contribution in [0.15, 0.2) is 52.5 Å². The lowest BCUT2D eigenvalue weighted by Crippen LogP contribution is -2.12. The number of hydrogen-bond donors (Lipinski definition) is 1. The Hall–Kier alpha value is -2.09. The number of carbonyl (C=O) groups excluding carboxylic acids is 1. The van der Waals surface area contributed by atoms with Crippen LogP contribution >= 0.6 is 27.5 Å². The van der Waals surface area contributed by atoms with Crippen molar-refractivity contribution in [1.29, 1.82) is 5.26 Å². The van der Waals surface area contributed by atoms with E-state index >= 15 is 0 Å². The molecule has 0 saturated carbocycles. The van der Waals surface area contributed by atoms with Gasteiger partial charge in [0.15, 0.2) is 0 Å². The number of hydrogen-bond acceptors (Lipinski definition) is 2. The number of halogens is 2. The van der Waals surface area contributed by atoms with Crippen molar-refractivity contribution in [2.45, 2.75) is 6.42 Å². The number of nitrogens with zero attached hydrogens (tertiary/aromatic N) is 1. The summed E-state index contributed by atoms with van der Waals surface area (Å²) in [5.41, 5.74) is 7.84. The Labute approximate surface area is 142 Å². The number of rotatable bonds is 4. The highest BCUT2D eigenvalue weighted by Gasteiger charge is 2.09. The van der Waals surface area contributed by atoms with E-state index in [1.165, 1.54) is 6.08 Å². The van der Waals surface area contributed by atoms with E-state index in [0.717, 1.165) is 15.6 Å². The van der Waals surface area contributed by atoms with E-state index < -0.39 is 5.91 Å². The molecule has 110 valence electrons. The van der Waals surface area contributed by atoms with Gasteiger partial charge in [-0.15, -0.1) is 0 Å². The minimum Gasteiger partial charge on any atom is -0.365 e. The first-order chi connectivity index (χ1) is 10.5. The molecule has 0 aromatic heterocycles. The Morgan fingerprint density at radius 1 is 1.27 bits per heavy atom. The average molecular weight is 376 g/mol. The molecule has 0 saturated heterocycles. The van der Waals surface area contributed by atoms with Crippen LogP contribution in [0.2, 0.25) is 5.02 Å². The highest BCUT2D eigenvalue weighted by molar-refractivity contribution is 9.10. The molecule has 22 heavy (non-hydrogen) atoms. The first-order valence-corrected chi connectivity index (χ1v) is 7.62. The summed E-state index contributed by atoms with van der Waals surface area (Å²) >= 11 is 9.53. The molecule has 0 aliphatic heterocycles. The van der Waals surface area contributed by atoms with Crippen LogP contribution < -0.4 is 5.73 Å². The highest BCUT2D eigenvalue weighted by atomic mass is 79.9. The van der Waals surface area contributed by atoms with Crippen molar-refractivity contribution in [1.82, 2.24) is 0 Å². The molecular weight excluding hydrogens is 364 g/mol. The maximum atomic E-state index is 11.2. The van der Waals surface area contributed by atoms with Gasteiger partial charge in [0.05, 0.1) is 0 Å². The molecule has 0 aliphatic rings. The fourth-order valence-corrected chi connectivity index (χ4v) is 2.63. The number of carbonyl (C=O) groups is 1. The lowest BCUT2D eigenvalue weighted by atomic mass is 9.98. The molecule has 0 bridgehead atoms. The predicted octanol–water partition coefficient (Wildman–Crippen LogP) is 4.09. The number of nitrogens with two attached hydrogens (primary N) is 1. The summed E-state index contributed by atoms with van der Waals surface area (Å²) in [5, 5.41) is 9.52. The molecule has 0 fully saturated rings. The average Bonchev–Trinajstić information content (AvgIpc) is 2.49. The van der Waals surface area contributed by atoms with Crippen LogP contribution in [0.4, 0.5) is 0 Å². The van der Waals surface area contributed by atoms with Crippen molar-refractivity contribution in [3.05, 3.63) is 74.2 Å². The number of amides is 1. The minimum atomic E-state index is -0.755. The number of nitriles is 1. The van der Waals surface area contributed by atoms with Crippen LogP contribution in [0.25, 0.3) is 6.08 Å². The van der Waals surface area contributed by atoms with Crippen molar-refractivity contribution in [2.75, 3.05) is 0 Å². The third-order valence-electron chi connectivity index (χ3n) is 3.13. The van der Waals surface area contributed by atoms with Crippen molar-refractivity contribution in [3.63, 3.8) is 0 Å². The van der Waals surface area contributed by atoms with E-state index in [2.05, 4.69) is 15.9 Å². The SMILES string of the molecule is N#C/C(=C\c1cc(Cl)ccc1Cc1ccccc1Br)C(N)=O. The third kappa shape index (κ3) is 3.97. The largest absolute Gasteiger partial charge is 0.365 e. The summed E-state index contributed by atoms with van der Waals surface area (Å²) in [7, 11) is 0. The zero-order valence-electron chi connectivity index (χ0n) is 11.5. The molecule has 0 aliphatic carbocycles. The number of primary amides is 1. The van der Waals surface area contributed by atoms with Gasteiger partial charge in [-0.3, -0.25) is 4.79 Å². The molecule has 3 nitrogen and oxygen atoms in total. The van der Waals surface area contributed by atoms with E-state index in [0.29, 0.717) is 17.0 Å². The van der Waals surface area contributed by atoms with Gasteiger partial charge in [0, 0.05) is 9.50 Å². The second-order valence-corrected chi connectivity index (χ2v) is 5.94. The first-order valence-electron chi connectivity index (χ1n) is 6.44. The van der Waals surface area contributed by atoms with Crippen LogP contribution in [-0.4, -0.2) is 5.91 Å². The molecule has 0 heterocycles. The molecule has 5 heteroatoms. The van der Waals surface area contributed by atoms with Crippen LogP contribution in [0.1, 0.15) is 16.7 Å². The van der Waals surface area contributed by atoms with Gasteiger partial charge in [0.25, 0.3) is 5.91 Å². The maximum absolute atomic E-state index is 11.2. The maximum Gasteiger partial charge on any atom is 0.259 e. The van der Waals surface area contributed by atoms with Gasteiger partial charge in [-0.25, -0.2) is 0 Å². The second kappa shape index (κ2) is 7.26. The van der Waals surface area contributed by atoms with Crippen LogP contribution in [-0.2, 0) is 11.2 Å². The molecule has 0 unspecified atom stereocenters. The fraction of sp³-hybridized carbons (Fsp3) is 0.0588. The summed E-state index contributed by atoms with van der Waals surface area (Å²) in [6.07, 6.45) is 2.11. The molecule has 2 N–H and O–H groups in total. The van der Waals surface area contributed by atoms with Crippen LogP contribution in [0.3, 0.4) is 0 Å². The Morgan fingerprint density at radius 3 is 2.64 bits per heavy atom. The molecule has 0 atom stereocenters. The van der Waals surface area contributed by atoms with Crippen LogP contribution in [0, 0.1) is 11.3 Å². The van der Waals surface area contributed by atoms with Gasteiger partial charge in [-0.2, -0.15) is 5.26 Å². The lowest BCUT2D eigenvalue weighted by molar-refractivity contribution is -0.114. The van der Waals surface area contributed by atoms with Gasteiger partial charge < -0.3 is 5.73 Å². The summed E-state index contributed by atoms with van der Waals surface area (Å²) in [4.78, 5) is 11.2. The summed E-state index contributed by atoms with van der Waals surface area (Å²) in [6, 6.07) is 15.0. The lowest BCUT2D eigenvalue weighted by Gasteiger charge is -2.09. The zero-order valence-corrected chi connectivity index (χ0v) is 13.9. The van der Waals surface area contributed by atoms with Gasteiger partial charge in [0.2, 0.25) is 0 Å². The Kier molecular flexibility index (Phi) is 5.37. The monoisotopic (exact) mass is 374 g/mol. The van der Waals surface area contributed by atoms with Gasteiger partial charge in [-0.1, -0.05) is 51.8 Å². The standard InChI is InChI=1S/C17H12BrClN2O/c18-16-4-2-1-3-12(16)7-11-5-6-15(19)9-13(11)8-14(10-20)17(21)22/h1-6,8-9H,7H2,(H2,21,22)/b14-8+. The van der Waals surface area contributed by atoms with Crippen molar-refractivity contribution >= 4 is 39.5 Å². The van der Waals surface area contributed by atoms with E-state index in [1.54, 1.807) is 18.2 Å². The smallest absolute Gasteiger partial charge is 0.259 e. The molecule has 0 radical (unpaired) electrons. The molecule has 1 amide bonds. The normalized spacial score (nSPS) is 11.0. The zero-order chi connectivity index (χ0) is 16.1. The summed E-state index contributed by atoms with van der Waals surface area (Å²) in [6.45, 7) is 0. The fourth-order valence-electron chi connectivity index (χ4n) is 2.02. The Balaban J connectivity index is 2.47. The quantitative estimate of drug-likeness (QED) is 0.646. The van der Waals surface area contributed by atoms with E-state index in [4.69, 9.17) is 22.6 Å². The summed E-state index contributed by atoms with van der Waals surface area (Å²) in [5.74, 6) is -0.755. The van der Waals surface area contributed by atoms with Crippen LogP contribution in [0.5, 0.6) is 0 Å². The minimum absolute atomic E-state index is 0.101. The second-order valence-electron chi connectivity index (χ2n) is 4.65. The molecule has 2 aromatic rings. The van der Waals surface area contributed by atoms with E-state index in [-0.39, 0.29) is 5.57 Å². The van der Waals surface area contributed by atoms with Gasteiger partial charge >= 0.3 is 0 Å². The molecule has 0 spiro atoms. The number of benzene rings is 2. The Bertz CT molecular complexity index is 793. The Morgan fingerprint density at radius 2 is 2.00 bits per heavy atom. The summed E-state index contributed by atoms with van der Waals surface area (Å²) < 4.78 is 0.996. The van der Waals surface area contributed by atoms with Crippen molar-refractivity contribution in [3.8, 4) is 6.07 Å². The molecule has 2 rings (SSSR count). The third-order valence-corrected chi connectivity index (χ3v) is 4.14. The van der Waals surface area contributed by atoms with E-state index in [9.17, 15) is 4.79 Å². The topological polar surface area (TPSA) is 66.9 Å². The first kappa shape index (κ1) is 16.3. The molecular formula is C17H12BrClN2O. The van der Waals surface area contributed by atoms with Gasteiger partial charge in [-0.05, 0) is 47.4 Å². The van der Waals surface area contributed by atoms with Gasteiger partial charge in [0.1, 0.15) is 11.6 Å².